The van der Waals surface area contributed by atoms with Crippen LogP contribution in [0.5, 0.6) is 0 Å². The highest BCUT2D eigenvalue weighted by molar-refractivity contribution is 5.94. The fourth-order valence-electron chi connectivity index (χ4n) is 3.62. The molecule has 2 aliphatic heterocycles. The molecule has 2 aliphatic rings. The summed E-state index contributed by atoms with van der Waals surface area (Å²) in [5.41, 5.74) is 1.08. The number of urea groups is 1. The van der Waals surface area contributed by atoms with Crippen LogP contribution < -0.4 is 15.5 Å². The van der Waals surface area contributed by atoms with Crippen LogP contribution in [0.15, 0.2) is 11.3 Å². The van der Waals surface area contributed by atoms with Gasteiger partial charge in [-0.3, -0.25) is 4.79 Å². The van der Waals surface area contributed by atoms with E-state index < -0.39 is 5.97 Å². The van der Waals surface area contributed by atoms with Crippen molar-refractivity contribution >= 4 is 18.0 Å². The molecule has 1 saturated heterocycles. The Morgan fingerprint density at radius 2 is 1.92 bits per heavy atom. The quantitative estimate of drug-likeness (QED) is 0.539. The van der Waals surface area contributed by atoms with E-state index in [-0.39, 0.29) is 30.6 Å². The Morgan fingerprint density at radius 3 is 2.58 bits per heavy atom. The van der Waals surface area contributed by atoms with Gasteiger partial charge in [0.2, 0.25) is 0 Å². The molecule has 0 aromatic heterocycles. The number of nitrogens with one attached hydrogen (secondary N) is 3. The largest absolute Gasteiger partial charge is 0.466 e. The topological polar surface area (TPSA) is 98.2 Å². The zero-order valence-corrected chi connectivity index (χ0v) is 15.9. The van der Waals surface area contributed by atoms with Crippen molar-refractivity contribution in [1.82, 2.24) is 10.6 Å². The normalized spacial score (nSPS) is 26.0. The van der Waals surface area contributed by atoms with E-state index in [9.17, 15) is 14.4 Å². The van der Waals surface area contributed by atoms with Crippen LogP contribution in [0.3, 0.4) is 0 Å². The first-order valence-electron chi connectivity index (χ1n) is 9.47. The van der Waals surface area contributed by atoms with Gasteiger partial charge in [0, 0.05) is 0 Å². The monoisotopic (exact) mass is 368 g/mol. The van der Waals surface area contributed by atoms with E-state index in [1.165, 1.54) is 0 Å². The molecule has 0 saturated carbocycles. The number of carbonyl (C=O) groups excluding carboxylic acids is 3. The highest BCUT2D eigenvalue weighted by atomic mass is 16.5. The average molecular weight is 368 g/mol. The molecule has 2 amide bonds. The van der Waals surface area contributed by atoms with Crippen LogP contribution in [-0.2, 0) is 19.1 Å². The molecule has 0 aromatic rings. The molecule has 0 aliphatic carbocycles. The molecule has 8 nitrogen and oxygen atoms in total. The molecule has 8 heteroatoms. The van der Waals surface area contributed by atoms with Crippen LogP contribution in [0, 0.1) is 5.92 Å². The predicted molar refractivity (Wildman–Crippen MR) is 94.3 cm³/mol. The number of ether oxygens (including phenoxy) is 2. The third kappa shape index (κ3) is 4.97. The first kappa shape index (κ1) is 20.2. The Labute approximate surface area is 154 Å². The molecule has 0 bridgehead atoms. The van der Waals surface area contributed by atoms with Crippen molar-refractivity contribution in [3.8, 4) is 0 Å². The summed E-state index contributed by atoms with van der Waals surface area (Å²) in [5.74, 6) is -0.699. The van der Waals surface area contributed by atoms with Gasteiger partial charge in [-0.2, -0.15) is 0 Å². The zero-order chi connectivity index (χ0) is 19.1. The summed E-state index contributed by atoms with van der Waals surface area (Å²) >= 11 is 0. The van der Waals surface area contributed by atoms with Crippen molar-refractivity contribution in [2.75, 3.05) is 32.8 Å². The van der Waals surface area contributed by atoms with Gasteiger partial charge in [0.25, 0.3) is 0 Å². The molecule has 3 atom stereocenters. The van der Waals surface area contributed by atoms with Crippen molar-refractivity contribution in [3.63, 3.8) is 0 Å². The summed E-state index contributed by atoms with van der Waals surface area (Å²) in [6, 6.07) is -0.666. The molecular weight excluding hydrogens is 338 g/mol. The van der Waals surface area contributed by atoms with Crippen LogP contribution >= 0.6 is 0 Å². The van der Waals surface area contributed by atoms with Gasteiger partial charge in [-0.15, -0.1) is 0 Å². The van der Waals surface area contributed by atoms with Crippen molar-refractivity contribution in [3.05, 3.63) is 11.3 Å². The van der Waals surface area contributed by atoms with E-state index in [2.05, 4.69) is 10.6 Å². The summed E-state index contributed by atoms with van der Waals surface area (Å²) in [7, 11) is 0. The van der Waals surface area contributed by atoms with E-state index >= 15 is 0 Å². The van der Waals surface area contributed by atoms with E-state index in [1.807, 2.05) is 6.92 Å². The van der Waals surface area contributed by atoms with Gasteiger partial charge >= 0.3 is 18.0 Å². The molecule has 0 radical (unpaired) electrons. The third-order valence-corrected chi connectivity index (χ3v) is 4.81. The second kappa shape index (κ2) is 9.56. The van der Waals surface area contributed by atoms with Crippen molar-refractivity contribution in [1.29, 1.82) is 0 Å². The minimum absolute atomic E-state index is 0.135. The van der Waals surface area contributed by atoms with Gasteiger partial charge in [-0.25, -0.2) is 9.59 Å². The number of esters is 2. The predicted octanol–water partition coefficient (Wildman–Crippen LogP) is -0.247. The minimum atomic E-state index is -0.403. The molecule has 0 spiro atoms. The first-order valence-corrected chi connectivity index (χ1v) is 9.47. The summed E-state index contributed by atoms with van der Waals surface area (Å²) in [6.07, 6.45) is 2.33. The Morgan fingerprint density at radius 1 is 1.19 bits per heavy atom. The molecule has 0 aromatic carbocycles. The van der Waals surface area contributed by atoms with Crippen LogP contribution in [0.1, 0.15) is 40.0 Å². The number of hydrogen-bond acceptors (Lipinski definition) is 5. The summed E-state index contributed by atoms with van der Waals surface area (Å²) in [6.45, 7) is 8.13. The Hall–Kier alpha value is -2.09. The maximum Gasteiger partial charge on any atom is 0.338 e. The average Bonchev–Trinajstić information content (AvgIpc) is 2.61. The van der Waals surface area contributed by atoms with Gasteiger partial charge in [0.1, 0.15) is 12.5 Å². The van der Waals surface area contributed by atoms with E-state index in [4.69, 9.17) is 9.47 Å². The molecular formula is C18H30N3O5+. The number of quaternary nitrogens is 1. The van der Waals surface area contributed by atoms with Gasteiger partial charge in [0.05, 0.1) is 43.6 Å². The van der Waals surface area contributed by atoms with Gasteiger partial charge in [0.15, 0.2) is 0 Å². The first-order chi connectivity index (χ1) is 12.5. The number of likely N-dealkylation sites (tertiary alicyclic amines) is 1. The molecule has 3 N–H and O–H groups in total. The lowest BCUT2D eigenvalue weighted by Gasteiger charge is -2.33. The smallest absolute Gasteiger partial charge is 0.338 e. The second-order valence-corrected chi connectivity index (χ2v) is 6.64. The Balaban J connectivity index is 2.17. The maximum absolute atomic E-state index is 12.4. The van der Waals surface area contributed by atoms with Gasteiger partial charge in [-0.05, 0) is 33.1 Å². The number of piperidine rings is 1. The molecule has 1 unspecified atom stereocenters. The zero-order valence-electron chi connectivity index (χ0n) is 15.9. The summed E-state index contributed by atoms with van der Waals surface area (Å²) in [4.78, 5) is 37.6. The number of amides is 2. The maximum atomic E-state index is 12.4. The Kier molecular flexibility index (Phi) is 7.44. The highest BCUT2D eigenvalue weighted by Gasteiger charge is 2.35. The molecule has 2 rings (SSSR count). The summed E-state index contributed by atoms with van der Waals surface area (Å²) in [5, 5.41) is 5.55. The van der Waals surface area contributed by atoms with Crippen molar-refractivity contribution in [2.45, 2.75) is 46.1 Å². The van der Waals surface area contributed by atoms with Gasteiger partial charge < -0.3 is 25.0 Å². The van der Waals surface area contributed by atoms with E-state index in [1.54, 1.807) is 13.8 Å². The van der Waals surface area contributed by atoms with Crippen molar-refractivity contribution < 1.29 is 28.8 Å². The molecule has 1 fully saturated rings. The number of carbonyl (C=O) groups is 3. The lowest BCUT2D eigenvalue weighted by Crippen LogP contribution is -3.14. The van der Waals surface area contributed by atoms with Crippen LogP contribution in [-0.4, -0.2) is 56.9 Å². The lowest BCUT2D eigenvalue weighted by atomic mass is 9.96. The fourth-order valence-corrected chi connectivity index (χ4v) is 3.62. The fraction of sp³-hybridized carbons (Fsp3) is 0.722. The second-order valence-electron chi connectivity index (χ2n) is 6.64. The van der Waals surface area contributed by atoms with E-state index in [0.29, 0.717) is 37.4 Å². The SMILES string of the molecule is CCOC(=O)C1=C(C[NH+]2CCC[C@H](C(=O)OCC)C2)NC(=O)N[C@H]1CC. The minimum Gasteiger partial charge on any atom is -0.466 e. The number of rotatable bonds is 7. The number of hydrogen-bond donors (Lipinski definition) is 3. The van der Waals surface area contributed by atoms with Crippen LogP contribution in [0.2, 0.25) is 0 Å². The molecule has 146 valence electrons. The van der Waals surface area contributed by atoms with Gasteiger partial charge in [-0.1, -0.05) is 6.92 Å². The Bertz CT molecular complexity index is 575. The standard InChI is InChI=1S/C18H29N3O5/c1-4-13-15(17(23)26-6-3)14(20-18(24)19-13)11-21-9-7-8-12(10-21)16(22)25-5-2/h12-13H,4-11H2,1-3H3,(H2,19,20,24)/p+1/t12-,13-/m0/s1. The van der Waals surface area contributed by atoms with Crippen LogP contribution in [0.25, 0.3) is 0 Å². The van der Waals surface area contributed by atoms with Crippen molar-refractivity contribution in [2.24, 2.45) is 5.92 Å². The lowest BCUT2D eigenvalue weighted by molar-refractivity contribution is -0.903. The third-order valence-electron chi connectivity index (χ3n) is 4.81. The van der Waals surface area contributed by atoms with E-state index in [0.717, 1.165) is 24.3 Å². The summed E-state index contributed by atoms with van der Waals surface area (Å²) < 4.78 is 10.3. The molecule has 26 heavy (non-hydrogen) atoms. The van der Waals surface area contributed by atoms with Crippen LogP contribution in [0.4, 0.5) is 4.79 Å². The highest BCUT2D eigenvalue weighted by Crippen LogP contribution is 2.17. The molecule has 2 heterocycles.